The van der Waals surface area contributed by atoms with E-state index in [4.69, 9.17) is 11.6 Å². The number of aldehydes is 1. The Morgan fingerprint density at radius 2 is 2.22 bits per heavy atom. The molecule has 1 aliphatic heterocycles. The second-order valence-corrected chi connectivity index (χ2v) is 6.92. The van der Waals surface area contributed by atoms with Crippen LogP contribution >= 0.6 is 11.6 Å². The van der Waals surface area contributed by atoms with Gasteiger partial charge in [-0.15, -0.1) is 5.10 Å². The molecule has 0 spiro atoms. The number of rotatable bonds is 5. The van der Waals surface area contributed by atoms with Crippen LogP contribution in [0.4, 0.5) is 0 Å². The lowest BCUT2D eigenvalue weighted by Crippen LogP contribution is -2.36. The van der Waals surface area contributed by atoms with Crippen molar-refractivity contribution < 1.29 is 9.59 Å². The van der Waals surface area contributed by atoms with Crippen molar-refractivity contribution in [2.75, 3.05) is 13.1 Å². The summed E-state index contributed by atoms with van der Waals surface area (Å²) < 4.78 is 1.66. The van der Waals surface area contributed by atoms with Gasteiger partial charge in [0.2, 0.25) is 5.91 Å². The highest BCUT2D eigenvalue weighted by atomic mass is 35.5. The average molecular weight is 384 g/mol. The Bertz CT molecular complexity index is 1020. The number of H-pyrrole nitrogens is 1. The number of nitrogens with one attached hydrogen (secondary N) is 1. The summed E-state index contributed by atoms with van der Waals surface area (Å²) in [6.07, 6.45) is 7.46. The fourth-order valence-electron chi connectivity index (χ4n) is 3.33. The van der Waals surface area contributed by atoms with E-state index >= 15 is 0 Å². The third-order valence-electron chi connectivity index (χ3n) is 4.71. The fraction of sp³-hybridized carbons (Fsp3) is 0.263. The molecule has 4 rings (SSSR count). The van der Waals surface area contributed by atoms with Gasteiger partial charge in [0, 0.05) is 42.4 Å². The molecule has 3 aromatic rings. The number of nitrogens with zero attached hydrogens (tertiary/aromatic N) is 4. The van der Waals surface area contributed by atoms with Crippen LogP contribution in [0.1, 0.15) is 28.9 Å². The maximum atomic E-state index is 12.5. The largest absolute Gasteiger partial charge is 0.354 e. The minimum atomic E-state index is 0.0912. The summed E-state index contributed by atoms with van der Waals surface area (Å²) in [5.41, 5.74) is 3.31. The highest BCUT2D eigenvalue weighted by Crippen LogP contribution is 2.29. The van der Waals surface area contributed by atoms with Gasteiger partial charge in [0.25, 0.3) is 0 Å². The first-order chi connectivity index (χ1) is 13.1. The number of benzene rings is 1. The Kier molecular flexibility index (Phi) is 4.77. The van der Waals surface area contributed by atoms with E-state index in [-0.39, 0.29) is 5.91 Å². The Balaban J connectivity index is 1.50. The summed E-state index contributed by atoms with van der Waals surface area (Å²) in [6, 6.07) is 5.43. The molecule has 3 heterocycles. The van der Waals surface area contributed by atoms with Crippen LogP contribution in [-0.4, -0.2) is 50.2 Å². The SMILES string of the molecule is O=Cc1cc(Cl)c2[nH]c(C3=CCCN(C(=O)CCn4ccnn4)C3)cc2c1. The maximum absolute atomic E-state index is 12.5. The summed E-state index contributed by atoms with van der Waals surface area (Å²) in [4.78, 5) is 28.8. The molecular weight excluding hydrogens is 366 g/mol. The van der Waals surface area contributed by atoms with Crippen LogP contribution in [0.2, 0.25) is 5.02 Å². The summed E-state index contributed by atoms with van der Waals surface area (Å²) in [6.45, 7) is 1.77. The predicted molar refractivity (Wildman–Crippen MR) is 103 cm³/mol. The van der Waals surface area contributed by atoms with Gasteiger partial charge in [0.15, 0.2) is 0 Å². The van der Waals surface area contributed by atoms with Gasteiger partial charge < -0.3 is 9.88 Å². The number of aromatic nitrogens is 4. The van der Waals surface area contributed by atoms with Crippen molar-refractivity contribution in [3.05, 3.63) is 52.9 Å². The zero-order valence-electron chi connectivity index (χ0n) is 14.6. The van der Waals surface area contributed by atoms with Gasteiger partial charge in [-0.2, -0.15) is 0 Å². The monoisotopic (exact) mass is 383 g/mol. The van der Waals surface area contributed by atoms with Crippen molar-refractivity contribution in [2.45, 2.75) is 19.4 Å². The zero-order chi connectivity index (χ0) is 18.8. The number of amides is 1. The van der Waals surface area contributed by atoms with Gasteiger partial charge in [-0.3, -0.25) is 14.3 Å². The van der Waals surface area contributed by atoms with E-state index in [0.717, 1.165) is 34.9 Å². The topological polar surface area (TPSA) is 83.9 Å². The molecule has 0 bridgehead atoms. The van der Waals surface area contributed by atoms with Crippen molar-refractivity contribution in [1.29, 1.82) is 0 Å². The molecule has 0 atom stereocenters. The van der Waals surface area contributed by atoms with E-state index in [1.807, 2.05) is 11.0 Å². The van der Waals surface area contributed by atoms with Gasteiger partial charge in [0.05, 0.1) is 23.3 Å². The van der Waals surface area contributed by atoms with Gasteiger partial charge in [-0.25, -0.2) is 0 Å². The Labute approximate surface area is 160 Å². The Morgan fingerprint density at radius 3 is 3.00 bits per heavy atom. The highest BCUT2D eigenvalue weighted by molar-refractivity contribution is 6.35. The fourth-order valence-corrected chi connectivity index (χ4v) is 3.62. The van der Waals surface area contributed by atoms with Crippen LogP contribution in [0.3, 0.4) is 0 Å². The Hall–Kier alpha value is -2.93. The Morgan fingerprint density at radius 1 is 1.33 bits per heavy atom. The van der Waals surface area contributed by atoms with E-state index in [1.165, 1.54) is 0 Å². The summed E-state index contributed by atoms with van der Waals surface area (Å²) >= 11 is 6.27. The summed E-state index contributed by atoms with van der Waals surface area (Å²) in [7, 11) is 0. The smallest absolute Gasteiger partial charge is 0.224 e. The molecule has 2 aromatic heterocycles. The van der Waals surface area contributed by atoms with Crippen LogP contribution in [0, 0.1) is 0 Å². The summed E-state index contributed by atoms with van der Waals surface area (Å²) in [5, 5.41) is 9.03. The van der Waals surface area contributed by atoms with Crippen LogP contribution in [-0.2, 0) is 11.3 Å². The van der Waals surface area contributed by atoms with E-state index in [1.54, 1.807) is 29.2 Å². The third-order valence-corrected chi connectivity index (χ3v) is 5.01. The summed E-state index contributed by atoms with van der Waals surface area (Å²) in [5.74, 6) is 0.0912. The first kappa shape index (κ1) is 17.5. The first-order valence-corrected chi connectivity index (χ1v) is 9.10. The number of fused-ring (bicyclic) bond motifs is 1. The number of hydrogen-bond acceptors (Lipinski definition) is 4. The highest BCUT2D eigenvalue weighted by Gasteiger charge is 2.20. The minimum absolute atomic E-state index is 0.0912. The molecule has 27 heavy (non-hydrogen) atoms. The lowest BCUT2D eigenvalue weighted by molar-refractivity contribution is -0.131. The van der Waals surface area contributed by atoms with Crippen LogP contribution in [0.5, 0.6) is 0 Å². The van der Waals surface area contributed by atoms with E-state index in [0.29, 0.717) is 36.6 Å². The third kappa shape index (κ3) is 3.64. The van der Waals surface area contributed by atoms with Crippen LogP contribution < -0.4 is 0 Å². The number of halogens is 1. The molecule has 138 valence electrons. The van der Waals surface area contributed by atoms with Crippen molar-refractivity contribution in [3.8, 4) is 0 Å². The number of carbonyl (C=O) groups excluding carboxylic acids is 2. The predicted octanol–water partition coefficient (Wildman–Crippen LogP) is 2.93. The number of aromatic amines is 1. The molecule has 1 aliphatic rings. The molecule has 0 saturated heterocycles. The standard InChI is InChI=1S/C19H18ClN5O2/c20-16-9-13(12-26)8-15-10-17(22-19(15)16)14-2-1-5-24(11-14)18(27)3-6-25-7-4-21-23-25/h2,4,7-10,12,22H,1,3,5-6,11H2. The average Bonchev–Trinajstić information content (AvgIpc) is 3.36. The molecule has 0 radical (unpaired) electrons. The zero-order valence-corrected chi connectivity index (χ0v) is 15.3. The van der Waals surface area contributed by atoms with Crippen LogP contribution in [0.15, 0.2) is 36.7 Å². The molecule has 0 saturated carbocycles. The van der Waals surface area contributed by atoms with Crippen molar-refractivity contribution in [2.24, 2.45) is 0 Å². The molecular formula is C19H18ClN5O2. The quantitative estimate of drug-likeness (QED) is 0.686. The van der Waals surface area contributed by atoms with Gasteiger partial charge in [-0.05, 0) is 30.2 Å². The molecule has 0 unspecified atom stereocenters. The normalized spacial score (nSPS) is 14.4. The minimum Gasteiger partial charge on any atom is -0.354 e. The van der Waals surface area contributed by atoms with Crippen LogP contribution in [0.25, 0.3) is 16.5 Å². The maximum Gasteiger partial charge on any atom is 0.224 e. The number of aryl methyl sites for hydroxylation is 1. The molecule has 0 aliphatic carbocycles. The van der Waals surface area contributed by atoms with E-state index in [2.05, 4.69) is 21.4 Å². The number of hydrogen-bond donors (Lipinski definition) is 1. The van der Waals surface area contributed by atoms with Crippen molar-refractivity contribution >= 4 is 40.3 Å². The second kappa shape index (κ2) is 7.36. The molecule has 8 heteroatoms. The molecule has 1 N–H and O–H groups in total. The van der Waals surface area contributed by atoms with Crippen molar-refractivity contribution in [3.63, 3.8) is 0 Å². The molecule has 7 nitrogen and oxygen atoms in total. The van der Waals surface area contributed by atoms with Crippen molar-refractivity contribution in [1.82, 2.24) is 24.9 Å². The van der Waals surface area contributed by atoms with Gasteiger partial charge in [-0.1, -0.05) is 22.9 Å². The van der Waals surface area contributed by atoms with Gasteiger partial charge in [0.1, 0.15) is 6.29 Å². The molecule has 1 amide bonds. The van der Waals surface area contributed by atoms with Gasteiger partial charge >= 0.3 is 0 Å². The van der Waals surface area contributed by atoms with E-state index < -0.39 is 0 Å². The lowest BCUT2D eigenvalue weighted by Gasteiger charge is -2.27. The second-order valence-electron chi connectivity index (χ2n) is 6.52. The lowest BCUT2D eigenvalue weighted by atomic mass is 10.1. The number of carbonyl (C=O) groups is 2. The van der Waals surface area contributed by atoms with E-state index in [9.17, 15) is 9.59 Å². The first-order valence-electron chi connectivity index (χ1n) is 8.73. The molecule has 1 aromatic carbocycles. The molecule has 0 fully saturated rings.